The van der Waals surface area contributed by atoms with E-state index in [1.165, 1.54) is 23.5 Å². The first kappa shape index (κ1) is 16.0. The number of thiophene rings is 1. The minimum atomic E-state index is -1.02. The summed E-state index contributed by atoms with van der Waals surface area (Å²) >= 11 is 1.21. The van der Waals surface area contributed by atoms with Gasteiger partial charge in [-0.3, -0.25) is 9.59 Å². The van der Waals surface area contributed by atoms with Gasteiger partial charge in [0.25, 0.3) is 0 Å². The van der Waals surface area contributed by atoms with Crippen molar-refractivity contribution < 1.29 is 23.5 Å². The Morgan fingerprint density at radius 2 is 1.82 bits per heavy atom. The van der Waals surface area contributed by atoms with E-state index in [-0.39, 0.29) is 5.82 Å². The van der Waals surface area contributed by atoms with Crippen molar-refractivity contribution in [1.29, 1.82) is 0 Å². The molecule has 6 heteroatoms. The minimum absolute atomic E-state index is 0.325. The van der Waals surface area contributed by atoms with Crippen LogP contribution >= 0.6 is 11.3 Å². The molecule has 1 heterocycles. The maximum Gasteiger partial charge on any atom is 0.374 e. The van der Waals surface area contributed by atoms with E-state index in [0.29, 0.717) is 11.3 Å². The molecule has 0 aliphatic heterocycles. The van der Waals surface area contributed by atoms with Crippen molar-refractivity contribution >= 4 is 28.9 Å². The van der Waals surface area contributed by atoms with Gasteiger partial charge in [-0.1, -0.05) is 12.1 Å². The zero-order valence-corrected chi connectivity index (χ0v) is 12.6. The van der Waals surface area contributed by atoms with Crippen molar-refractivity contribution in [3.63, 3.8) is 0 Å². The van der Waals surface area contributed by atoms with Gasteiger partial charge in [0.15, 0.2) is 5.78 Å². The molecule has 0 bridgehead atoms. The molecule has 2 aromatic rings. The lowest BCUT2D eigenvalue weighted by Gasteiger charge is -2.03. The van der Waals surface area contributed by atoms with E-state index in [4.69, 9.17) is 0 Å². The number of hydrogen-bond acceptors (Lipinski definition) is 5. The number of hydrogen-bond donors (Lipinski definition) is 0. The number of Topliss-reactive ketones (excluding diaryl/α,β-unsaturated/α-hetero) is 2. The molecule has 0 unspecified atom stereocenters. The first-order valence-electron chi connectivity index (χ1n) is 6.46. The lowest BCUT2D eigenvalue weighted by Crippen LogP contribution is -2.19. The molecule has 2 rings (SSSR count). The molecule has 1 aromatic carbocycles. The van der Waals surface area contributed by atoms with Gasteiger partial charge in [0, 0.05) is 0 Å². The highest BCUT2D eigenvalue weighted by Crippen LogP contribution is 2.22. The third kappa shape index (κ3) is 3.85. The van der Waals surface area contributed by atoms with Crippen LogP contribution in [0.25, 0.3) is 0 Å². The topological polar surface area (TPSA) is 60.4 Å². The number of benzene rings is 1. The fourth-order valence-corrected chi connectivity index (χ4v) is 2.82. The summed E-state index contributed by atoms with van der Waals surface area (Å²) in [5, 5.41) is 1.74. The molecule has 0 spiro atoms. The van der Waals surface area contributed by atoms with E-state index in [9.17, 15) is 18.8 Å². The van der Waals surface area contributed by atoms with E-state index in [1.807, 2.05) is 0 Å². The van der Waals surface area contributed by atoms with E-state index >= 15 is 0 Å². The molecular weight excluding hydrogens is 307 g/mol. The van der Waals surface area contributed by atoms with Crippen molar-refractivity contribution in [2.24, 2.45) is 0 Å². The van der Waals surface area contributed by atoms with Crippen LogP contribution in [0.4, 0.5) is 4.39 Å². The molecule has 0 fully saturated rings. The molecule has 114 valence electrons. The van der Waals surface area contributed by atoms with Gasteiger partial charge in [-0.15, -0.1) is 11.3 Å². The van der Waals surface area contributed by atoms with Gasteiger partial charge >= 0.3 is 5.97 Å². The van der Waals surface area contributed by atoms with Crippen molar-refractivity contribution in [2.45, 2.75) is 12.8 Å². The van der Waals surface area contributed by atoms with Crippen LogP contribution in [0.5, 0.6) is 0 Å². The first-order chi connectivity index (χ1) is 10.5. The number of ketones is 2. The van der Waals surface area contributed by atoms with Crippen molar-refractivity contribution in [3.05, 3.63) is 57.5 Å². The number of halogens is 1. The Bertz CT molecular complexity index is 703. The SMILES string of the molecule is COC(=O)C(=O)CC(=O)c1sccc1Cc1ccc(F)cc1. The van der Waals surface area contributed by atoms with Gasteiger partial charge in [-0.25, -0.2) is 9.18 Å². The summed E-state index contributed by atoms with van der Waals surface area (Å²) in [6, 6.07) is 7.76. The van der Waals surface area contributed by atoms with Gasteiger partial charge in [-0.05, 0) is 41.1 Å². The van der Waals surface area contributed by atoms with Crippen molar-refractivity contribution in [3.8, 4) is 0 Å². The summed E-state index contributed by atoms with van der Waals surface area (Å²) in [7, 11) is 1.09. The van der Waals surface area contributed by atoms with E-state index in [1.54, 1.807) is 23.6 Å². The second-order valence-electron chi connectivity index (χ2n) is 4.59. The lowest BCUT2D eigenvalue weighted by atomic mass is 10.0. The Kier molecular flexibility index (Phi) is 5.16. The summed E-state index contributed by atoms with van der Waals surface area (Å²) < 4.78 is 17.2. The monoisotopic (exact) mass is 320 g/mol. The Morgan fingerprint density at radius 1 is 1.14 bits per heavy atom. The second-order valence-corrected chi connectivity index (χ2v) is 5.51. The molecule has 22 heavy (non-hydrogen) atoms. The number of carbonyl (C=O) groups excluding carboxylic acids is 3. The normalized spacial score (nSPS) is 10.3. The average Bonchev–Trinajstić information content (AvgIpc) is 2.96. The van der Waals surface area contributed by atoms with Crippen LogP contribution in [-0.4, -0.2) is 24.6 Å². The summed E-state index contributed by atoms with van der Waals surface area (Å²) in [6.07, 6.45) is -0.0547. The van der Waals surface area contributed by atoms with E-state index in [0.717, 1.165) is 18.2 Å². The Hall–Kier alpha value is -2.34. The highest BCUT2D eigenvalue weighted by Gasteiger charge is 2.22. The quantitative estimate of drug-likeness (QED) is 0.355. The van der Waals surface area contributed by atoms with Crippen LogP contribution in [0.3, 0.4) is 0 Å². The number of esters is 1. The average molecular weight is 320 g/mol. The Balaban J connectivity index is 2.12. The van der Waals surface area contributed by atoms with Gasteiger partial charge in [-0.2, -0.15) is 0 Å². The van der Waals surface area contributed by atoms with Crippen LogP contribution in [0.2, 0.25) is 0 Å². The summed E-state index contributed by atoms with van der Waals surface area (Å²) in [4.78, 5) is 35.1. The summed E-state index contributed by atoms with van der Waals surface area (Å²) in [5.74, 6) is -2.63. The van der Waals surface area contributed by atoms with Gasteiger partial charge in [0.2, 0.25) is 5.78 Å². The van der Waals surface area contributed by atoms with E-state index in [2.05, 4.69) is 4.74 Å². The molecule has 0 N–H and O–H groups in total. The fourth-order valence-electron chi connectivity index (χ4n) is 1.95. The lowest BCUT2D eigenvalue weighted by molar-refractivity contribution is -0.151. The van der Waals surface area contributed by atoms with Gasteiger partial charge in [0.05, 0.1) is 18.4 Å². The van der Waals surface area contributed by atoms with Crippen LogP contribution in [0.1, 0.15) is 27.2 Å². The molecule has 0 saturated carbocycles. The molecule has 0 atom stereocenters. The smallest absolute Gasteiger partial charge is 0.374 e. The van der Waals surface area contributed by atoms with E-state index < -0.39 is 24.0 Å². The zero-order valence-electron chi connectivity index (χ0n) is 11.8. The van der Waals surface area contributed by atoms with Crippen LogP contribution < -0.4 is 0 Å². The predicted molar refractivity (Wildman–Crippen MR) is 79.5 cm³/mol. The van der Waals surface area contributed by atoms with Gasteiger partial charge in [0.1, 0.15) is 5.82 Å². The highest BCUT2D eigenvalue weighted by atomic mass is 32.1. The standard InChI is InChI=1S/C16H13FO4S/c1-21-16(20)14(19)9-13(18)15-11(6-7-22-15)8-10-2-4-12(17)5-3-10/h2-7H,8-9H2,1H3. The maximum absolute atomic E-state index is 12.9. The molecule has 4 nitrogen and oxygen atoms in total. The predicted octanol–water partition coefficient (Wildman–Crippen LogP) is 2.79. The summed E-state index contributed by atoms with van der Waals surface area (Å²) in [6.45, 7) is 0. The third-order valence-electron chi connectivity index (χ3n) is 3.04. The van der Waals surface area contributed by atoms with Crippen LogP contribution in [-0.2, 0) is 20.7 Å². The molecule has 0 saturated heterocycles. The molecular formula is C16H13FO4S. The summed E-state index contributed by atoms with van der Waals surface area (Å²) in [5.41, 5.74) is 1.60. The molecule has 0 aliphatic carbocycles. The fraction of sp³-hybridized carbons (Fsp3) is 0.188. The van der Waals surface area contributed by atoms with Crippen LogP contribution in [0, 0.1) is 5.82 Å². The van der Waals surface area contributed by atoms with Crippen molar-refractivity contribution in [1.82, 2.24) is 0 Å². The minimum Gasteiger partial charge on any atom is -0.463 e. The largest absolute Gasteiger partial charge is 0.463 e. The number of rotatable bonds is 6. The number of ether oxygens (including phenoxy) is 1. The zero-order chi connectivity index (χ0) is 16.1. The van der Waals surface area contributed by atoms with Gasteiger partial charge < -0.3 is 4.74 Å². The number of carbonyl (C=O) groups is 3. The number of methoxy groups -OCH3 is 1. The van der Waals surface area contributed by atoms with Crippen LogP contribution in [0.15, 0.2) is 35.7 Å². The third-order valence-corrected chi connectivity index (χ3v) is 4.04. The van der Waals surface area contributed by atoms with Crippen molar-refractivity contribution in [2.75, 3.05) is 7.11 Å². The molecule has 1 aromatic heterocycles. The maximum atomic E-state index is 12.9. The Labute approximate surface area is 130 Å². The second kappa shape index (κ2) is 7.09. The molecule has 0 radical (unpaired) electrons. The first-order valence-corrected chi connectivity index (χ1v) is 7.34. The molecule has 0 amide bonds. The highest BCUT2D eigenvalue weighted by molar-refractivity contribution is 7.12. The molecule has 0 aliphatic rings. The Morgan fingerprint density at radius 3 is 2.45 bits per heavy atom.